The molecule has 4 aromatic rings. The number of amides is 1. The third kappa shape index (κ3) is 3.58. The molecule has 0 radical (unpaired) electrons. The normalized spacial score (nSPS) is 16.8. The van der Waals surface area contributed by atoms with E-state index in [1.807, 2.05) is 24.3 Å². The Balaban J connectivity index is 1.50. The minimum Gasteiger partial charge on any atom is -0.325 e. The monoisotopic (exact) mass is 454 g/mol. The first-order valence-corrected chi connectivity index (χ1v) is 11.9. The molecule has 1 aliphatic heterocycles. The molecule has 31 heavy (non-hydrogen) atoms. The number of nitrogens with zero attached hydrogens (tertiary/aromatic N) is 1. The van der Waals surface area contributed by atoms with Crippen LogP contribution in [0.5, 0.6) is 0 Å². The van der Waals surface area contributed by atoms with Gasteiger partial charge in [-0.1, -0.05) is 30.3 Å². The number of sulfonamides is 1. The predicted molar refractivity (Wildman–Crippen MR) is 119 cm³/mol. The van der Waals surface area contributed by atoms with Crippen molar-refractivity contribution in [2.45, 2.75) is 23.2 Å². The van der Waals surface area contributed by atoms with Crippen LogP contribution in [0.4, 0.5) is 5.69 Å². The second kappa shape index (κ2) is 7.49. The highest BCUT2D eigenvalue weighted by atomic mass is 32.2. The lowest BCUT2D eigenvalue weighted by molar-refractivity contribution is -0.120. The van der Waals surface area contributed by atoms with Gasteiger partial charge in [0.2, 0.25) is 5.91 Å². The van der Waals surface area contributed by atoms with Crippen molar-refractivity contribution in [1.29, 1.82) is 0 Å². The summed E-state index contributed by atoms with van der Waals surface area (Å²) in [6.45, 7) is 0.124. The van der Waals surface area contributed by atoms with E-state index in [1.54, 1.807) is 35.7 Å². The van der Waals surface area contributed by atoms with Crippen LogP contribution in [0, 0.1) is 0 Å². The van der Waals surface area contributed by atoms with E-state index in [0.717, 1.165) is 22.5 Å². The average molecular weight is 455 g/mol. The van der Waals surface area contributed by atoms with Crippen molar-refractivity contribution in [2.24, 2.45) is 0 Å². The number of imidazole rings is 1. The van der Waals surface area contributed by atoms with Gasteiger partial charge in [0.05, 0.1) is 11.0 Å². The van der Waals surface area contributed by atoms with Crippen molar-refractivity contribution >= 4 is 44.0 Å². The zero-order valence-electron chi connectivity index (χ0n) is 16.2. The lowest BCUT2D eigenvalue weighted by Gasteiger charge is -2.34. The van der Waals surface area contributed by atoms with E-state index >= 15 is 0 Å². The Morgan fingerprint density at radius 2 is 1.81 bits per heavy atom. The van der Waals surface area contributed by atoms with Gasteiger partial charge in [0.15, 0.2) is 0 Å². The molecule has 1 aliphatic rings. The van der Waals surface area contributed by atoms with Crippen LogP contribution >= 0.6 is 11.3 Å². The van der Waals surface area contributed by atoms with Crippen LogP contribution in [-0.2, 0) is 27.8 Å². The number of benzene rings is 2. The second-order valence-corrected chi connectivity index (χ2v) is 10.4. The molecule has 10 heteroatoms. The van der Waals surface area contributed by atoms with E-state index in [4.69, 9.17) is 0 Å². The highest BCUT2D eigenvalue weighted by Gasteiger charge is 2.40. The van der Waals surface area contributed by atoms with E-state index in [2.05, 4.69) is 15.3 Å². The molecular formula is C21H18N4O4S2. The van der Waals surface area contributed by atoms with Crippen molar-refractivity contribution < 1.29 is 13.2 Å². The molecule has 1 atom stereocenters. The van der Waals surface area contributed by atoms with Gasteiger partial charge in [-0.3, -0.25) is 4.79 Å². The van der Waals surface area contributed by atoms with E-state index in [9.17, 15) is 18.0 Å². The maximum atomic E-state index is 13.3. The second-order valence-electron chi connectivity index (χ2n) is 7.30. The average Bonchev–Trinajstić information content (AvgIpc) is 3.42. The van der Waals surface area contributed by atoms with Crippen LogP contribution < -0.4 is 11.0 Å². The van der Waals surface area contributed by atoms with Gasteiger partial charge in [0.1, 0.15) is 10.3 Å². The molecule has 2 aromatic carbocycles. The topological polar surface area (TPSA) is 115 Å². The SMILES string of the molecule is O=C(Nc1ccc2[nH]c(=O)[nH]c2c1)C1Cc2ccccc2CN1S(=O)(=O)c1cccs1. The number of aromatic amines is 2. The number of rotatable bonds is 4. The summed E-state index contributed by atoms with van der Waals surface area (Å²) in [5, 5.41) is 4.51. The van der Waals surface area contributed by atoms with E-state index < -0.39 is 22.0 Å². The number of hydrogen-bond acceptors (Lipinski definition) is 5. The molecule has 0 saturated carbocycles. The van der Waals surface area contributed by atoms with Crippen LogP contribution in [0.3, 0.4) is 0 Å². The molecule has 8 nitrogen and oxygen atoms in total. The molecule has 3 N–H and O–H groups in total. The molecule has 0 aliphatic carbocycles. The number of H-pyrrole nitrogens is 2. The molecule has 0 saturated heterocycles. The number of carbonyl (C=O) groups excluding carboxylic acids is 1. The summed E-state index contributed by atoms with van der Waals surface area (Å²) >= 11 is 1.13. The summed E-state index contributed by atoms with van der Waals surface area (Å²) in [5.74, 6) is -0.424. The molecular weight excluding hydrogens is 436 g/mol. The maximum absolute atomic E-state index is 13.3. The largest absolute Gasteiger partial charge is 0.325 e. The number of anilines is 1. The summed E-state index contributed by atoms with van der Waals surface area (Å²) in [6.07, 6.45) is 0.274. The van der Waals surface area contributed by atoms with Gasteiger partial charge in [0.25, 0.3) is 10.0 Å². The quantitative estimate of drug-likeness (QED) is 0.440. The summed E-state index contributed by atoms with van der Waals surface area (Å²) < 4.78 is 28.1. The third-order valence-corrected chi connectivity index (χ3v) is 8.58. The smallest absolute Gasteiger partial charge is 0.323 e. The standard InChI is InChI=1S/C21H18N4O4S2/c26-20(22-15-7-8-16-17(11-15)24-21(27)23-16)18-10-13-4-1-2-5-14(13)12-25(18)31(28,29)19-6-3-9-30-19/h1-9,11,18H,10,12H2,(H,22,26)(H2,23,24,27). The van der Waals surface area contributed by atoms with Crippen LogP contribution in [-0.4, -0.2) is 34.6 Å². The van der Waals surface area contributed by atoms with E-state index in [0.29, 0.717) is 16.7 Å². The van der Waals surface area contributed by atoms with Crippen molar-refractivity contribution in [3.63, 3.8) is 0 Å². The number of nitrogens with one attached hydrogen (secondary N) is 3. The Morgan fingerprint density at radius 1 is 1.03 bits per heavy atom. The van der Waals surface area contributed by atoms with Crippen LogP contribution in [0.1, 0.15) is 11.1 Å². The number of thiophene rings is 1. The molecule has 3 heterocycles. The van der Waals surface area contributed by atoms with E-state index in [-0.39, 0.29) is 22.9 Å². The summed E-state index contributed by atoms with van der Waals surface area (Å²) in [4.78, 5) is 30.0. The van der Waals surface area contributed by atoms with Gasteiger partial charge < -0.3 is 15.3 Å². The summed E-state index contributed by atoms with van der Waals surface area (Å²) in [5.41, 5.74) is 3.15. The Kier molecular flexibility index (Phi) is 4.77. The Bertz CT molecular complexity index is 1440. The first-order valence-electron chi connectivity index (χ1n) is 9.57. The maximum Gasteiger partial charge on any atom is 0.323 e. The molecule has 0 spiro atoms. The summed E-state index contributed by atoms with van der Waals surface area (Å²) in [6, 6.07) is 14.9. The number of fused-ring (bicyclic) bond motifs is 2. The van der Waals surface area contributed by atoms with Crippen molar-refractivity contribution in [2.75, 3.05) is 5.32 Å². The van der Waals surface area contributed by atoms with Gasteiger partial charge in [0, 0.05) is 12.2 Å². The summed E-state index contributed by atoms with van der Waals surface area (Å²) in [7, 11) is -3.84. The molecule has 5 rings (SSSR count). The lowest BCUT2D eigenvalue weighted by Crippen LogP contribution is -2.50. The van der Waals surface area contributed by atoms with Crippen LogP contribution in [0.25, 0.3) is 11.0 Å². The van der Waals surface area contributed by atoms with Crippen molar-refractivity contribution in [1.82, 2.24) is 14.3 Å². The number of carbonyl (C=O) groups is 1. The fraction of sp³-hybridized carbons (Fsp3) is 0.143. The molecule has 1 unspecified atom stereocenters. The zero-order valence-corrected chi connectivity index (χ0v) is 17.8. The highest BCUT2D eigenvalue weighted by Crippen LogP contribution is 2.31. The van der Waals surface area contributed by atoms with Gasteiger partial charge in [-0.2, -0.15) is 4.31 Å². The zero-order chi connectivity index (χ0) is 21.6. The molecule has 2 aromatic heterocycles. The van der Waals surface area contributed by atoms with E-state index in [1.165, 1.54) is 4.31 Å². The van der Waals surface area contributed by atoms with Crippen LogP contribution in [0.2, 0.25) is 0 Å². The molecule has 0 fully saturated rings. The Hall–Kier alpha value is -3.21. The van der Waals surface area contributed by atoms with Gasteiger partial charge in [-0.15, -0.1) is 11.3 Å². The first kappa shape index (κ1) is 19.7. The molecule has 0 bridgehead atoms. The third-order valence-electron chi connectivity index (χ3n) is 5.35. The Morgan fingerprint density at radius 3 is 2.58 bits per heavy atom. The fourth-order valence-electron chi connectivity index (χ4n) is 3.84. The fourth-order valence-corrected chi connectivity index (χ4v) is 6.52. The molecule has 1 amide bonds. The number of hydrogen-bond donors (Lipinski definition) is 3. The minimum atomic E-state index is -3.84. The lowest BCUT2D eigenvalue weighted by atomic mass is 9.95. The van der Waals surface area contributed by atoms with Crippen LogP contribution in [0.15, 0.2) is 69.0 Å². The van der Waals surface area contributed by atoms with Gasteiger partial charge in [-0.05, 0) is 47.2 Å². The van der Waals surface area contributed by atoms with Gasteiger partial charge in [-0.25, -0.2) is 13.2 Å². The molecule has 158 valence electrons. The predicted octanol–water partition coefficient (Wildman–Crippen LogP) is 2.67. The first-order chi connectivity index (χ1) is 14.9. The van der Waals surface area contributed by atoms with Crippen molar-refractivity contribution in [3.8, 4) is 0 Å². The van der Waals surface area contributed by atoms with Crippen molar-refractivity contribution in [3.05, 3.63) is 81.6 Å². The minimum absolute atomic E-state index is 0.124. The number of aromatic nitrogens is 2. The Labute approximate surface area is 181 Å². The highest BCUT2D eigenvalue weighted by molar-refractivity contribution is 7.91. The van der Waals surface area contributed by atoms with Gasteiger partial charge >= 0.3 is 5.69 Å².